The van der Waals surface area contributed by atoms with Crippen molar-refractivity contribution in [1.82, 2.24) is 9.55 Å². The smallest absolute Gasteiger partial charge is 0.370 e. The fraction of sp³-hybridized carbons (Fsp3) is 0.556. The molecule has 0 amide bonds. The molecule has 0 spiro atoms. The van der Waals surface area contributed by atoms with E-state index in [1.807, 2.05) is 0 Å². The Labute approximate surface area is 100.0 Å². The van der Waals surface area contributed by atoms with Crippen molar-refractivity contribution in [2.75, 3.05) is 13.2 Å². The molecule has 0 aromatic carbocycles. The summed E-state index contributed by atoms with van der Waals surface area (Å²) in [6.45, 7) is -0.00661. The third kappa shape index (κ3) is 4.74. The largest absolute Gasteiger partial charge is 0.411 e. The molecule has 0 saturated heterocycles. The second kappa shape index (κ2) is 5.50. The molecule has 96 valence electrons. The maximum Gasteiger partial charge on any atom is 0.411 e. The number of halogens is 4. The van der Waals surface area contributed by atoms with Gasteiger partial charge in [-0.05, 0) is 6.92 Å². The fourth-order valence-electron chi connectivity index (χ4n) is 1.20. The van der Waals surface area contributed by atoms with Gasteiger partial charge in [0.2, 0.25) is 0 Å². The number of hydrogen-bond acceptors (Lipinski definition) is 3. The summed E-state index contributed by atoms with van der Waals surface area (Å²) in [5.41, 5.74) is -0.418. The lowest BCUT2D eigenvalue weighted by Gasteiger charge is -2.10. The zero-order valence-electron chi connectivity index (χ0n) is 8.92. The van der Waals surface area contributed by atoms with E-state index < -0.39 is 18.3 Å². The van der Waals surface area contributed by atoms with Gasteiger partial charge in [-0.15, -0.1) is 0 Å². The van der Waals surface area contributed by atoms with Crippen LogP contribution in [-0.4, -0.2) is 28.9 Å². The predicted molar refractivity (Wildman–Crippen MR) is 55.1 cm³/mol. The summed E-state index contributed by atoms with van der Waals surface area (Å²) in [5.74, 6) is 0.332. The minimum Gasteiger partial charge on any atom is -0.370 e. The zero-order valence-corrected chi connectivity index (χ0v) is 9.68. The van der Waals surface area contributed by atoms with Gasteiger partial charge in [-0.25, -0.2) is 4.98 Å². The van der Waals surface area contributed by atoms with E-state index in [0.717, 1.165) is 6.07 Å². The summed E-state index contributed by atoms with van der Waals surface area (Å²) in [6, 6.07) is 1.10. The van der Waals surface area contributed by atoms with Gasteiger partial charge in [0.15, 0.2) is 0 Å². The van der Waals surface area contributed by atoms with Crippen LogP contribution >= 0.6 is 11.6 Å². The summed E-state index contributed by atoms with van der Waals surface area (Å²) in [6.07, 6.45) is -4.36. The van der Waals surface area contributed by atoms with Crippen molar-refractivity contribution < 1.29 is 17.9 Å². The van der Waals surface area contributed by atoms with Gasteiger partial charge in [0.05, 0.1) is 13.2 Å². The van der Waals surface area contributed by atoms with Crippen molar-refractivity contribution in [2.24, 2.45) is 0 Å². The molecule has 8 heteroatoms. The summed E-state index contributed by atoms with van der Waals surface area (Å²) < 4.78 is 40.9. The normalized spacial score (nSPS) is 11.8. The van der Waals surface area contributed by atoms with Gasteiger partial charge in [0, 0.05) is 6.07 Å². The second-order valence-corrected chi connectivity index (χ2v) is 3.67. The quantitative estimate of drug-likeness (QED) is 0.619. The van der Waals surface area contributed by atoms with Gasteiger partial charge in [0.25, 0.3) is 5.56 Å². The average molecular weight is 271 g/mol. The van der Waals surface area contributed by atoms with Crippen LogP contribution in [0.5, 0.6) is 0 Å². The Hall–Kier alpha value is -1.08. The van der Waals surface area contributed by atoms with Gasteiger partial charge >= 0.3 is 6.18 Å². The number of nitrogens with zero attached hydrogens (tertiary/aromatic N) is 2. The van der Waals surface area contributed by atoms with Crippen LogP contribution in [0.25, 0.3) is 0 Å². The van der Waals surface area contributed by atoms with Gasteiger partial charge in [-0.1, -0.05) is 11.6 Å². The Morgan fingerprint density at radius 1 is 1.53 bits per heavy atom. The molecule has 0 aliphatic heterocycles. The van der Waals surface area contributed by atoms with Gasteiger partial charge in [0.1, 0.15) is 17.6 Å². The van der Waals surface area contributed by atoms with Crippen LogP contribution in [0.1, 0.15) is 5.82 Å². The number of rotatable bonds is 4. The van der Waals surface area contributed by atoms with Crippen LogP contribution in [0.15, 0.2) is 10.9 Å². The number of ether oxygens (including phenoxy) is 1. The summed E-state index contributed by atoms with van der Waals surface area (Å²) >= 11 is 5.54. The van der Waals surface area contributed by atoms with E-state index in [9.17, 15) is 18.0 Å². The van der Waals surface area contributed by atoms with E-state index in [1.54, 1.807) is 0 Å². The molecular weight excluding hydrogens is 261 g/mol. The molecule has 0 radical (unpaired) electrons. The SMILES string of the molecule is Cc1nc(Cl)cc(=O)n1CCOCC(F)(F)F. The summed E-state index contributed by atoms with van der Waals surface area (Å²) in [5, 5.41) is 0.0555. The van der Waals surface area contributed by atoms with Crippen molar-refractivity contribution in [1.29, 1.82) is 0 Å². The van der Waals surface area contributed by atoms with Crippen LogP contribution in [0.2, 0.25) is 5.15 Å². The van der Waals surface area contributed by atoms with Crippen LogP contribution in [0, 0.1) is 6.92 Å². The van der Waals surface area contributed by atoms with E-state index in [4.69, 9.17) is 11.6 Å². The highest BCUT2D eigenvalue weighted by atomic mass is 35.5. The molecule has 1 aromatic rings. The molecule has 0 fully saturated rings. The molecule has 0 atom stereocenters. The predicted octanol–water partition coefficient (Wildman–Crippen LogP) is 1.78. The number of hydrogen-bond donors (Lipinski definition) is 0. The Bertz CT molecular complexity index is 445. The lowest BCUT2D eigenvalue weighted by Crippen LogP contribution is -2.26. The van der Waals surface area contributed by atoms with E-state index in [-0.39, 0.29) is 18.3 Å². The molecule has 0 aliphatic rings. The fourth-order valence-corrected chi connectivity index (χ4v) is 1.42. The highest BCUT2D eigenvalue weighted by Gasteiger charge is 2.27. The molecule has 0 unspecified atom stereocenters. The molecule has 1 heterocycles. The lowest BCUT2D eigenvalue weighted by molar-refractivity contribution is -0.174. The minimum absolute atomic E-state index is 0.00488. The Balaban J connectivity index is 2.56. The highest BCUT2D eigenvalue weighted by molar-refractivity contribution is 6.29. The minimum atomic E-state index is -4.36. The monoisotopic (exact) mass is 270 g/mol. The van der Waals surface area contributed by atoms with Crippen molar-refractivity contribution in [3.05, 3.63) is 27.4 Å². The molecule has 0 bridgehead atoms. The molecule has 4 nitrogen and oxygen atoms in total. The van der Waals surface area contributed by atoms with E-state index in [2.05, 4.69) is 9.72 Å². The first-order valence-corrected chi connectivity index (χ1v) is 5.06. The Kier molecular flexibility index (Phi) is 4.53. The van der Waals surface area contributed by atoms with E-state index in [0.29, 0.717) is 5.82 Å². The van der Waals surface area contributed by atoms with Crippen LogP contribution in [-0.2, 0) is 11.3 Å². The van der Waals surface area contributed by atoms with Gasteiger partial charge in [-0.3, -0.25) is 9.36 Å². The van der Waals surface area contributed by atoms with Crippen molar-refractivity contribution >= 4 is 11.6 Å². The Morgan fingerprint density at radius 2 is 2.18 bits per heavy atom. The van der Waals surface area contributed by atoms with Crippen molar-refractivity contribution in [3.63, 3.8) is 0 Å². The zero-order chi connectivity index (χ0) is 13.1. The summed E-state index contributed by atoms with van der Waals surface area (Å²) in [7, 11) is 0. The van der Waals surface area contributed by atoms with E-state index in [1.165, 1.54) is 11.5 Å². The van der Waals surface area contributed by atoms with Gasteiger partial charge in [-0.2, -0.15) is 13.2 Å². The lowest BCUT2D eigenvalue weighted by atomic mass is 10.5. The maximum absolute atomic E-state index is 11.8. The summed E-state index contributed by atoms with van der Waals surface area (Å²) in [4.78, 5) is 15.2. The molecular formula is C9H10ClF3N2O2. The van der Waals surface area contributed by atoms with Gasteiger partial charge < -0.3 is 4.74 Å². The maximum atomic E-state index is 11.8. The average Bonchev–Trinajstić information content (AvgIpc) is 2.13. The highest BCUT2D eigenvalue weighted by Crippen LogP contribution is 2.14. The molecule has 1 aromatic heterocycles. The number of aryl methyl sites for hydroxylation is 1. The number of aromatic nitrogens is 2. The van der Waals surface area contributed by atoms with Crippen LogP contribution in [0.3, 0.4) is 0 Å². The van der Waals surface area contributed by atoms with Crippen LogP contribution < -0.4 is 5.56 Å². The van der Waals surface area contributed by atoms with Crippen molar-refractivity contribution in [3.8, 4) is 0 Å². The van der Waals surface area contributed by atoms with Crippen LogP contribution in [0.4, 0.5) is 13.2 Å². The first kappa shape index (κ1) is 14.0. The molecule has 0 aliphatic carbocycles. The van der Waals surface area contributed by atoms with Crippen molar-refractivity contribution in [2.45, 2.75) is 19.6 Å². The second-order valence-electron chi connectivity index (χ2n) is 3.28. The standard InChI is InChI=1S/C9H10ClF3N2O2/c1-6-14-7(10)4-8(16)15(6)2-3-17-5-9(11,12)13/h4H,2-3,5H2,1H3. The molecule has 0 saturated carbocycles. The molecule has 17 heavy (non-hydrogen) atoms. The van der Waals surface area contributed by atoms with E-state index >= 15 is 0 Å². The molecule has 1 rings (SSSR count). The first-order valence-electron chi connectivity index (χ1n) is 4.68. The third-order valence-corrected chi connectivity index (χ3v) is 2.09. The number of alkyl halides is 3. The first-order chi connectivity index (χ1) is 7.79. The third-order valence-electron chi connectivity index (χ3n) is 1.89. The molecule has 0 N–H and O–H groups in total. The topological polar surface area (TPSA) is 44.1 Å². The Morgan fingerprint density at radius 3 is 2.71 bits per heavy atom.